The molecule has 0 saturated heterocycles. The van der Waals surface area contributed by atoms with Crippen LogP contribution < -0.4 is 10.4 Å². The fourth-order valence-electron chi connectivity index (χ4n) is 4.48. The van der Waals surface area contributed by atoms with Crippen LogP contribution in [0.5, 0.6) is 0 Å². The van der Waals surface area contributed by atoms with Gasteiger partial charge in [-0.25, -0.2) is 0 Å². The quantitative estimate of drug-likeness (QED) is 0.675. The summed E-state index contributed by atoms with van der Waals surface area (Å²) in [5, 5.41) is 25.1. The number of nitrogens with zero attached hydrogens (tertiary/aromatic N) is 1. The fraction of sp³-hybridized carbons (Fsp3) is 0.524. The van der Waals surface area contributed by atoms with Crippen LogP contribution in [0.3, 0.4) is 0 Å². The first-order chi connectivity index (χ1) is 14.6. The lowest BCUT2D eigenvalue weighted by molar-refractivity contribution is -0.325. The number of carbonyl (C=O) groups is 1. The topological polar surface area (TPSA) is 85.2 Å². The van der Waals surface area contributed by atoms with Gasteiger partial charge in [-0.05, 0) is 30.5 Å². The number of alkyl halides is 6. The number of ether oxygens (including phenoxy) is 1. The van der Waals surface area contributed by atoms with Crippen LogP contribution in [0.4, 0.5) is 26.3 Å². The summed E-state index contributed by atoms with van der Waals surface area (Å²) >= 11 is 0. The van der Waals surface area contributed by atoms with Gasteiger partial charge >= 0.3 is 12.4 Å². The lowest BCUT2D eigenvalue weighted by Gasteiger charge is -2.53. The molecule has 0 amide bonds. The summed E-state index contributed by atoms with van der Waals surface area (Å²) in [4.78, 5) is 12.5. The summed E-state index contributed by atoms with van der Waals surface area (Å²) in [6, 6.07) is 1.60. The van der Waals surface area contributed by atoms with Gasteiger partial charge in [0.05, 0.1) is 41.4 Å². The normalized spacial score (nSPS) is 24.3. The molecule has 32 heavy (non-hydrogen) atoms. The van der Waals surface area contributed by atoms with Crippen LogP contribution in [-0.4, -0.2) is 25.7 Å². The number of nitrogens with one attached hydrogen (secondary N) is 1. The first-order valence-electron chi connectivity index (χ1n) is 9.50. The molecule has 0 aliphatic carbocycles. The lowest BCUT2D eigenvalue weighted by Crippen LogP contribution is -2.64. The Balaban J connectivity index is 3.02. The van der Waals surface area contributed by atoms with Gasteiger partial charge in [0.2, 0.25) is 0 Å². The number of rotatable bonds is 5. The summed E-state index contributed by atoms with van der Waals surface area (Å²) in [5.41, 5.74) is -6.33. The van der Waals surface area contributed by atoms with Crippen molar-refractivity contribution in [1.82, 2.24) is 5.32 Å². The zero-order valence-corrected chi connectivity index (χ0v) is 17.6. The van der Waals surface area contributed by atoms with Gasteiger partial charge in [0.25, 0.3) is 0 Å². The molecule has 0 fully saturated rings. The SMILES string of the molecule is COCC1NC(C)=C(C#N)C(c2ccc(C(F)(F)F)cc2C(F)(F)F)C1(C(=O)[O-])C(C)C. The first kappa shape index (κ1) is 25.5. The monoisotopic (exact) mass is 463 g/mol. The molecule has 11 heteroatoms. The van der Waals surface area contributed by atoms with Crippen LogP contribution in [0.2, 0.25) is 0 Å². The third-order valence-electron chi connectivity index (χ3n) is 5.90. The Kier molecular flexibility index (Phi) is 6.90. The van der Waals surface area contributed by atoms with Crippen LogP contribution >= 0.6 is 0 Å². The number of methoxy groups -OCH3 is 1. The molecule has 1 aromatic rings. The second-order valence-corrected chi connectivity index (χ2v) is 7.91. The van der Waals surface area contributed by atoms with E-state index in [1.54, 1.807) is 6.07 Å². The van der Waals surface area contributed by atoms with Crippen LogP contribution in [0, 0.1) is 22.7 Å². The van der Waals surface area contributed by atoms with Gasteiger partial charge in [-0.15, -0.1) is 0 Å². The van der Waals surface area contributed by atoms with E-state index in [2.05, 4.69) is 5.32 Å². The zero-order chi connectivity index (χ0) is 24.6. The summed E-state index contributed by atoms with van der Waals surface area (Å²) in [6.45, 7) is 3.98. The van der Waals surface area contributed by atoms with E-state index < -0.39 is 58.3 Å². The summed E-state index contributed by atoms with van der Waals surface area (Å²) in [6.07, 6.45) is -10.3. The van der Waals surface area contributed by atoms with Crippen molar-refractivity contribution in [3.8, 4) is 6.07 Å². The maximum absolute atomic E-state index is 13.9. The van der Waals surface area contributed by atoms with E-state index in [4.69, 9.17) is 4.74 Å². The molecule has 1 aliphatic heterocycles. The van der Waals surface area contributed by atoms with Crippen molar-refractivity contribution in [2.45, 2.75) is 45.1 Å². The van der Waals surface area contributed by atoms with E-state index in [0.717, 1.165) is 0 Å². The molecule has 0 radical (unpaired) electrons. The number of nitriles is 1. The number of allylic oxidation sites excluding steroid dienone is 2. The van der Waals surface area contributed by atoms with Crippen molar-refractivity contribution >= 4 is 5.97 Å². The van der Waals surface area contributed by atoms with Gasteiger partial charge in [0, 0.05) is 24.1 Å². The maximum Gasteiger partial charge on any atom is 0.416 e. The van der Waals surface area contributed by atoms with E-state index in [9.17, 15) is 41.5 Å². The molecule has 3 atom stereocenters. The van der Waals surface area contributed by atoms with Crippen LogP contribution in [0.15, 0.2) is 29.5 Å². The van der Waals surface area contributed by atoms with Gasteiger partial charge in [-0.3, -0.25) is 0 Å². The molecule has 5 nitrogen and oxygen atoms in total. The standard InChI is InChI=1S/C21H22F6N2O3/c1-10(2)19(18(30)31)16(9-32-4)29-11(3)14(8-28)17(19)13-6-5-12(20(22,23)24)7-15(13)21(25,26)27/h5-7,10,16-17,29H,9H2,1-4H3,(H,30,31)/p-1. The number of halogens is 6. The molecule has 3 unspecified atom stereocenters. The highest BCUT2D eigenvalue weighted by atomic mass is 19.4. The molecule has 1 aromatic carbocycles. The number of benzene rings is 1. The fourth-order valence-corrected chi connectivity index (χ4v) is 4.48. The number of carbonyl (C=O) groups excluding carboxylic acids is 1. The van der Waals surface area contributed by atoms with E-state index >= 15 is 0 Å². The summed E-state index contributed by atoms with van der Waals surface area (Å²) in [7, 11) is 1.26. The number of hydrogen-bond acceptors (Lipinski definition) is 5. The number of carboxylic acid groups (broad SMARTS) is 1. The maximum atomic E-state index is 13.9. The second-order valence-electron chi connectivity index (χ2n) is 7.91. The molecule has 0 spiro atoms. The molecule has 1 heterocycles. The number of carboxylic acids is 1. The van der Waals surface area contributed by atoms with E-state index in [1.807, 2.05) is 0 Å². The number of hydrogen-bond donors (Lipinski definition) is 1. The van der Waals surface area contributed by atoms with Gasteiger partial charge in [-0.1, -0.05) is 19.9 Å². The minimum absolute atomic E-state index is 0.0621. The predicted molar refractivity (Wildman–Crippen MR) is 98.6 cm³/mol. The third kappa shape index (κ3) is 4.16. The van der Waals surface area contributed by atoms with Crippen molar-refractivity contribution in [2.75, 3.05) is 13.7 Å². The highest BCUT2D eigenvalue weighted by Crippen LogP contribution is 2.54. The second kappa shape index (κ2) is 8.65. The zero-order valence-electron chi connectivity index (χ0n) is 17.6. The van der Waals surface area contributed by atoms with Gasteiger partial charge in [0.15, 0.2) is 0 Å². The summed E-state index contributed by atoms with van der Waals surface area (Å²) < 4.78 is 86.3. The Hall–Kier alpha value is -2.74. The van der Waals surface area contributed by atoms with Crippen molar-refractivity contribution in [2.24, 2.45) is 11.3 Å². The molecule has 176 valence electrons. The van der Waals surface area contributed by atoms with Crippen LogP contribution in [0.25, 0.3) is 0 Å². The Labute approximate surface area is 180 Å². The van der Waals surface area contributed by atoms with Crippen molar-refractivity contribution in [1.29, 1.82) is 5.26 Å². The smallest absolute Gasteiger partial charge is 0.416 e. The Bertz CT molecular complexity index is 962. The first-order valence-corrected chi connectivity index (χ1v) is 9.50. The minimum atomic E-state index is -5.25. The Morgan fingerprint density at radius 1 is 1.25 bits per heavy atom. The molecule has 0 aromatic heterocycles. The minimum Gasteiger partial charge on any atom is -0.549 e. The van der Waals surface area contributed by atoms with Crippen LogP contribution in [-0.2, 0) is 21.9 Å². The molecule has 1 N–H and O–H groups in total. The van der Waals surface area contributed by atoms with Crippen molar-refractivity contribution in [3.05, 3.63) is 46.2 Å². The van der Waals surface area contributed by atoms with Gasteiger partial charge < -0.3 is 20.0 Å². The van der Waals surface area contributed by atoms with E-state index in [1.165, 1.54) is 27.9 Å². The highest BCUT2D eigenvalue weighted by Gasteiger charge is 2.56. The predicted octanol–water partition coefficient (Wildman–Crippen LogP) is 3.62. The highest BCUT2D eigenvalue weighted by molar-refractivity contribution is 5.78. The molecule has 0 saturated carbocycles. The van der Waals surface area contributed by atoms with Crippen LogP contribution in [0.1, 0.15) is 43.4 Å². The van der Waals surface area contributed by atoms with E-state index in [-0.39, 0.29) is 23.9 Å². The largest absolute Gasteiger partial charge is 0.549 e. The molecular weight excluding hydrogens is 442 g/mol. The van der Waals surface area contributed by atoms with E-state index in [0.29, 0.717) is 12.1 Å². The molecular formula is C21H21F6N2O3-. The summed E-state index contributed by atoms with van der Waals surface area (Å²) in [5.74, 6) is -4.39. The van der Waals surface area contributed by atoms with Crippen molar-refractivity contribution < 1.29 is 41.0 Å². The van der Waals surface area contributed by atoms with Gasteiger partial charge in [0.1, 0.15) is 0 Å². The Morgan fingerprint density at radius 2 is 1.84 bits per heavy atom. The average Bonchev–Trinajstić information content (AvgIpc) is 2.65. The van der Waals surface area contributed by atoms with Gasteiger partial charge in [-0.2, -0.15) is 31.6 Å². The number of aliphatic carboxylic acids is 1. The average molecular weight is 463 g/mol. The molecule has 2 rings (SSSR count). The molecule has 1 aliphatic rings. The lowest BCUT2D eigenvalue weighted by atomic mass is 9.56. The third-order valence-corrected chi connectivity index (χ3v) is 5.90. The molecule has 0 bridgehead atoms. The Morgan fingerprint density at radius 3 is 2.25 bits per heavy atom. The van der Waals surface area contributed by atoms with Crippen molar-refractivity contribution in [3.63, 3.8) is 0 Å².